The van der Waals surface area contributed by atoms with Gasteiger partial charge in [-0.3, -0.25) is 4.79 Å². The third-order valence-electron chi connectivity index (χ3n) is 2.48. The van der Waals surface area contributed by atoms with Gasteiger partial charge < -0.3 is 9.47 Å². The highest BCUT2D eigenvalue weighted by atomic mass is 16.5. The van der Waals surface area contributed by atoms with Crippen molar-refractivity contribution in [2.45, 2.75) is 26.7 Å². The van der Waals surface area contributed by atoms with Crippen LogP contribution < -0.4 is 4.74 Å². The normalized spacial score (nSPS) is 10.3. The van der Waals surface area contributed by atoms with E-state index in [1.165, 1.54) is 0 Å². The fourth-order valence-electron chi connectivity index (χ4n) is 1.59. The quantitative estimate of drug-likeness (QED) is 0.539. The van der Waals surface area contributed by atoms with Crippen LogP contribution in [0.1, 0.15) is 35.7 Å². The highest BCUT2D eigenvalue weighted by molar-refractivity contribution is 5.98. The van der Waals surface area contributed by atoms with Crippen LogP contribution in [0.25, 0.3) is 0 Å². The first-order valence-corrected chi connectivity index (χ1v) is 5.94. The Morgan fingerprint density at radius 3 is 2.71 bits per heavy atom. The van der Waals surface area contributed by atoms with Crippen molar-refractivity contribution >= 4 is 5.78 Å². The van der Waals surface area contributed by atoms with E-state index in [-0.39, 0.29) is 5.78 Å². The Morgan fingerprint density at radius 2 is 2.06 bits per heavy atom. The molecule has 3 nitrogen and oxygen atoms in total. The van der Waals surface area contributed by atoms with Crippen LogP contribution in [0.2, 0.25) is 0 Å². The van der Waals surface area contributed by atoms with Gasteiger partial charge in [0.25, 0.3) is 0 Å². The van der Waals surface area contributed by atoms with Crippen LogP contribution in [-0.2, 0) is 4.74 Å². The maximum absolute atomic E-state index is 12.0. The molecule has 1 rings (SSSR count). The standard InChI is InChI=1S/C14H20O3/c1-4-8-17-9-7-13(15)12-10-11(2)5-6-14(12)16-3/h5-6,10H,4,7-9H2,1-3H3. The van der Waals surface area contributed by atoms with E-state index in [0.29, 0.717) is 30.9 Å². The number of carbonyl (C=O) groups is 1. The van der Waals surface area contributed by atoms with Gasteiger partial charge in [-0.15, -0.1) is 0 Å². The summed E-state index contributed by atoms with van der Waals surface area (Å²) in [7, 11) is 1.58. The van der Waals surface area contributed by atoms with E-state index in [2.05, 4.69) is 0 Å². The van der Waals surface area contributed by atoms with E-state index < -0.39 is 0 Å². The number of Topliss-reactive ketones (excluding diaryl/α,β-unsaturated/α-hetero) is 1. The minimum Gasteiger partial charge on any atom is -0.496 e. The maximum atomic E-state index is 12.0. The van der Waals surface area contributed by atoms with Crippen LogP contribution in [0.3, 0.4) is 0 Å². The second-order valence-corrected chi connectivity index (χ2v) is 3.99. The molecule has 94 valence electrons. The lowest BCUT2D eigenvalue weighted by Gasteiger charge is -2.08. The molecule has 0 bridgehead atoms. The summed E-state index contributed by atoms with van der Waals surface area (Å²) >= 11 is 0. The lowest BCUT2D eigenvalue weighted by atomic mass is 10.0. The van der Waals surface area contributed by atoms with Crippen molar-refractivity contribution in [3.8, 4) is 5.75 Å². The van der Waals surface area contributed by atoms with Crippen molar-refractivity contribution in [2.75, 3.05) is 20.3 Å². The average Bonchev–Trinajstić information content (AvgIpc) is 2.34. The molecule has 3 heteroatoms. The van der Waals surface area contributed by atoms with Crippen molar-refractivity contribution in [3.05, 3.63) is 29.3 Å². The van der Waals surface area contributed by atoms with Crippen molar-refractivity contribution in [2.24, 2.45) is 0 Å². The molecule has 0 spiro atoms. The van der Waals surface area contributed by atoms with Gasteiger partial charge in [-0.1, -0.05) is 18.6 Å². The van der Waals surface area contributed by atoms with Gasteiger partial charge in [0.1, 0.15) is 5.75 Å². The minimum atomic E-state index is 0.0710. The molecule has 0 saturated heterocycles. The number of rotatable bonds is 7. The molecule has 0 atom stereocenters. The molecule has 0 saturated carbocycles. The predicted molar refractivity (Wildman–Crippen MR) is 67.8 cm³/mol. The molecule has 0 aromatic heterocycles. The van der Waals surface area contributed by atoms with Crippen LogP contribution >= 0.6 is 0 Å². The third-order valence-corrected chi connectivity index (χ3v) is 2.48. The molecule has 0 unspecified atom stereocenters. The summed E-state index contributed by atoms with van der Waals surface area (Å²) in [5.41, 5.74) is 1.70. The van der Waals surface area contributed by atoms with Gasteiger partial charge in [0.2, 0.25) is 0 Å². The SMILES string of the molecule is CCCOCCC(=O)c1cc(C)ccc1OC. The topological polar surface area (TPSA) is 35.5 Å². The monoisotopic (exact) mass is 236 g/mol. The highest BCUT2D eigenvalue weighted by Crippen LogP contribution is 2.21. The smallest absolute Gasteiger partial charge is 0.168 e. The molecule has 0 N–H and O–H groups in total. The zero-order valence-electron chi connectivity index (χ0n) is 10.8. The first kappa shape index (κ1) is 13.7. The molecular weight excluding hydrogens is 216 g/mol. The zero-order valence-corrected chi connectivity index (χ0v) is 10.8. The molecule has 1 aromatic carbocycles. The van der Waals surface area contributed by atoms with E-state index in [1.807, 2.05) is 32.0 Å². The Bertz CT molecular complexity index is 372. The van der Waals surface area contributed by atoms with Gasteiger partial charge in [-0.05, 0) is 25.5 Å². The van der Waals surface area contributed by atoms with E-state index in [1.54, 1.807) is 7.11 Å². The summed E-state index contributed by atoms with van der Waals surface area (Å²) in [5, 5.41) is 0. The van der Waals surface area contributed by atoms with Gasteiger partial charge in [0.05, 0.1) is 19.3 Å². The minimum absolute atomic E-state index is 0.0710. The number of ether oxygens (including phenoxy) is 2. The third kappa shape index (κ3) is 4.19. The lowest BCUT2D eigenvalue weighted by molar-refractivity contribution is 0.0876. The van der Waals surface area contributed by atoms with Crippen molar-refractivity contribution in [3.63, 3.8) is 0 Å². The van der Waals surface area contributed by atoms with E-state index in [0.717, 1.165) is 12.0 Å². The number of hydrogen-bond acceptors (Lipinski definition) is 3. The predicted octanol–water partition coefficient (Wildman–Crippen LogP) is 3.00. The van der Waals surface area contributed by atoms with Crippen LogP contribution in [-0.4, -0.2) is 26.1 Å². The van der Waals surface area contributed by atoms with E-state index in [9.17, 15) is 4.79 Å². The van der Waals surface area contributed by atoms with Crippen molar-refractivity contribution in [1.82, 2.24) is 0 Å². The molecule has 0 fully saturated rings. The van der Waals surface area contributed by atoms with Crippen LogP contribution in [0, 0.1) is 6.92 Å². The number of carbonyl (C=O) groups excluding carboxylic acids is 1. The molecule has 0 radical (unpaired) electrons. The number of benzene rings is 1. The maximum Gasteiger partial charge on any atom is 0.168 e. The molecular formula is C14H20O3. The zero-order chi connectivity index (χ0) is 12.7. The molecule has 17 heavy (non-hydrogen) atoms. The van der Waals surface area contributed by atoms with Crippen molar-refractivity contribution in [1.29, 1.82) is 0 Å². The number of methoxy groups -OCH3 is 1. The summed E-state index contributed by atoms with van der Waals surface area (Å²) in [5.74, 6) is 0.706. The summed E-state index contributed by atoms with van der Waals surface area (Å²) in [6.07, 6.45) is 1.38. The summed E-state index contributed by atoms with van der Waals surface area (Å²) in [6.45, 7) is 5.19. The van der Waals surface area contributed by atoms with Gasteiger partial charge in [-0.25, -0.2) is 0 Å². The molecule has 0 aliphatic rings. The molecule has 1 aromatic rings. The summed E-state index contributed by atoms with van der Waals surface area (Å²) in [4.78, 5) is 12.0. The van der Waals surface area contributed by atoms with Gasteiger partial charge in [-0.2, -0.15) is 0 Å². The van der Waals surface area contributed by atoms with Gasteiger partial charge >= 0.3 is 0 Å². The van der Waals surface area contributed by atoms with Crippen molar-refractivity contribution < 1.29 is 14.3 Å². The first-order chi connectivity index (χ1) is 8.19. The summed E-state index contributed by atoms with van der Waals surface area (Å²) < 4.78 is 10.5. The first-order valence-electron chi connectivity index (χ1n) is 5.94. The largest absolute Gasteiger partial charge is 0.496 e. The lowest BCUT2D eigenvalue weighted by Crippen LogP contribution is -2.07. The van der Waals surface area contributed by atoms with E-state index >= 15 is 0 Å². The number of ketones is 1. The average molecular weight is 236 g/mol. The van der Waals surface area contributed by atoms with Gasteiger partial charge in [0, 0.05) is 13.0 Å². The fourth-order valence-corrected chi connectivity index (χ4v) is 1.59. The second-order valence-electron chi connectivity index (χ2n) is 3.99. The Morgan fingerprint density at radius 1 is 1.29 bits per heavy atom. The molecule has 0 amide bonds. The van der Waals surface area contributed by atoms with Crippen LogP contribution in [0.15, 0.2) is 18.2 Å². The fraction of sp³-hybridized carbons (Fsp3) is 0.500. The molecule has 0 aliphatic carbocycles. The Labute approximate surface area is 103 Å². The Balaban J connectivity index is 2.64. The molecule has 0 aliphatic heterocycles. The van der Waals surface area contributed by atoms with Crippen LogP contribution in [0.5, 0.6) is 5.75 Å². The Kier molecular flexibility index (Phi) is 5.70. The van der Waals surface area contributed by atoms with E-state index in [4.69, 9.17) is 9.47 Å². The molecule has 0 heterocycles. The van der Waals surface area contributed by atoms with Gasteiger partial charge in [0.15, 0.2) is 5.78 Å². The summed E-state index contributed by atoms with van der Waals surface area (Å²) in [6, 6.07) is 5.62. The number of aryl methyl sites for hydroxylation is 1. The highest BCUT2D eigenvalue weighted by Gasteiger charge is 2.12. The second kappa shape index (κ2) is 7.07. The van der Waals surface area contributed by atoms with Crippen LogP contribution in [0.4, 0.5) is 0 Å². The Hall–Kier alpha value is -1.35. The number of hydrogen-bond donors (Lipinski definition) is 0.